The van der Waals surface area contributed by atoms with Gasteiger partial charge in [0.1, 0.15) is 0 Å². The van der Waals surface area contributed by atoms with Crippen LogP contribution in [0.1, 0.15) is 61.8 Å². The van der Waals surface area contributed by atoms with Crippen LogP contribution in [0.2, 0.25) is 0 Å². The molecule has 2 aliphatic rings. The predicted molar refractivity (Wildman–Crippen MR) is 159 cm³/mol. The fourth-order valence-electron chi connectivity index (χ4n) is 5.84. The number of aryl methyl sites for hydroxylation is 1. The van der Waals surface area contributed by atoms with Gasteiger partial charge in [-0.1, -0.05) is 19.9 Å². The van der Waals surface area contributed by atoms with Gasteiger partial charge in [-0.2, -0.15) is 0 Å². The molecule has 5 rings (SSSR count). The van der Waals surface area contributed by atoms with Crippen molar-refractivity contribution in [2.45, 2.75) is 58.4 Å². The molecule has 0 bridgehead atoms. The molecule has 1 saturated heterocycles. The Morgan fingerprint density at radius 1 is 0.946 bits per heavy atom. The van der Waals surface area contributed by atoms with Crippen LogP contribution in [0.15, 0.2) is 24.3 Å². The number of nitrogen functional groups attached to an aromatic ring is 2. The zero-order valence-corrected chi connectivity index (χ0v) is 22.7. The summed E-state index contributed by atoms with van der Waals surface area (Å²) in [6, 6.07) is 8.47. The Labute approximate surface area is 220 Å². The van der Waals surface area contributed by atoms with Gasteiger partial charge >= 0.3 is 0 Å². The number of fused-ring (bicyclic) bond motifs is 3. The quantitative estimate of drug-likeness (QED) is 0.273. The molecule has 6 N–H and O–H groups in total. The van der Waals surface area contributed by atoms with Gasteiger partial charge in [-0.3, -0.25) is 0 Å². The maximum Gasteiger partial charge on any atom is 0.0953 e. The van der Waals surface area contributed by atoms with Crippen LogP contribution >= 0.6 is 0 Å². The molecule has 0 amide bonds. The summed E-state index contributed by atoms with van der Waals surface area (Å²) in [5.41, 5.74) is 21.9. The van der Waals surface area contributed by atoms with Crippen LogP contribution in [0.3, 0.4) is 0 Å². The number of piperidine rings is 1. The number of anilines is 3. The summed E-state index contributed by atoms with van der Waals surface area (Å²) in [5, 5.41) is 17.0. The number of hydrogen-bond donors (Lipinski definition) is 4. The second kappa shape index (κ2) is 11.3. The Balaban J connectivity index is 0.00000156. The number of pyridine rings is 1. The summed E-state index contributed by atoms with van der Waals surface area (Å²) in [6.07, 6.45) is 9.04. The highest BCUT2D eigenvalue weighted by Crippen LogP contribution is 2.42. The SMILES string of the molecule is CC.CN(C)C1CCN(c2cc(N)c(C=N)c3c4c(c(-c5ccc(N)c(C=N)c5)nc23)CCCC4)CC1. The van der Waals surface area contributed by atoms with Gasteiger partial charge in [-0.05, 0) is 81.9 Å². The van der Waals surface area contributed by atoms with Gasteiger partial charge in [-0.15, -0.1) is 0 Å². The Hall–Kier alpha value is -3.45. The van der Waals surface area contributed by atoms with Crippen molar-refractivity contribution in [3.63, 3.8) is 0 Å². The molecule has 37 heavy (non-hydrogen) atoms. The Morgan fingerprint density at radius 3 is 2.24 bits per heavy atom. The summed E-state index contributed by atoms with van der Waals surface area (Å²) in [4.78, 5) is 10.1. The lowest BCUT2D eigenvalue weighted by atomic mass is 9.84. The smallest absolute Gasteiger partial charge is 0.0953 e. The van der Waals surface area contributed by atoms with E-state index in [4.69, 9.17) is 27.3 Å². The highest BCUT2D eigenvalue weighted by molar-refractivity contribution is 6.10. The Bertz CT molecular complexity index is 1300. The summed E-state index contributed by atoms with van der Waals surface area (Å²) in [5.74, 6) is 0. The van der Waals surface area contributed by atoms with E-state index in [1.807, 2.05) is 38.1 Å². The van der Waals surface area contributed by atoms with Gasteiger partial charge in [0.05, 0.1) is 16.9 Å². The average Bonchev–Trinajstić information content (AvgIpc) is 2.93. The van der Waals surface area contributed by atoms with E-state index in [2.05, 4.69) is 23.9 Å². The van der Waals surface area contributed by atoms with Crippen molar-refractivity contribution in [2.24, 2.45) is 0 Å². The van der Waals surface area contributed by atoms with E-state index in [9.17, 15) is 0 Å². The summed E-state index contributed by atoms with van der Waals surface area (Å²) < 4.78 is 0. The van der Waals surface area contributed by atoms with E-state index in [0.717, 1.165) is 85.0 Å². The minimum atomic E-state index is 0.585. The molecule has 0 radical (unpaired) electrons. The fraction of sp³-hybridized carbons (Fsp3) is 0.433. The maximum absolute atomic E-state index is 8.18. The average molecular weight is 500 g/mol. The third-order valence-electron chi connectivity index (χ3n) is 7.83. The first-order valence-electron chi connectivity index (χ1n) is 13.5. The number of nitrogens with zero attached hydrogens (tertiary/aromatic N) is 3. The number of nitrogens with one attached hydrogen (secondary N) is 2. The van der Waals surface area contributed by atoms with Crippen molar-refractivity contribution < 1.29 is 0 Å². The van der Waals surface area contributed by atoms with Crippen LogP contribution < -0.4 is 16.4 Å². The van der Waals surface area contributed by atoms with E-state index < -0.39 is 0 Å². The van der Waals surface area contributed by atoms with Crippen LogP contribution in [-0.4, -0.2) is 55.5 Å². The fourth-order valence-corrected chi connectivity index (χ4v) is 5.84. The minimum absolute atomic E-state index is 0.585. The molecule has 2 aromatic carbocycles. The first kappa shape index (κ1) is 26.6. The summed E-state index contributed by atoms with van der Waals surface area (Å²) in [7, 11) is 4.31. The molecule has 1 fully saturated rings. The van der Waals surface area contributed by atoms with Crippen molar-refractivity contribution >= 4 is 40.4 Å². The molecule has 0 atom stereocenters. The standard InChI is InChI=1S/C28H35N7.C2H6/c1-34(2)19-9-11-35(12-10-19)25-14-24(32)22(16-30)26-20-5-3-4-6-21(20)27(33-28(25)26)17-7-8-23(31)18(13-17)15-29;1-2/h7-8,13-16,19,29-30H,3-6,9-12,31-32H2,1-2H3;1-2H3. The number of rotatable bonds is 5. The Morgan fingerprint density at radius 2 is 1.62 bits per heavy atom. The first-order valence-corrected chi connectivity index (χ1v) is 13.5. The van der Waals surface area contributed by atoms with Crippen molar-refractivity contribution in [1.29, 1.82) is 10.8 Å². The van der Waals surface area contributed by atoms with Crippen molar-refractivity contribution in [3.05, 3.63) is 46.5 Å². The van der Waals surface area contributed by atoms with Gasteiger partial charge in [0.2, 0.25) is 0 Å². The van der Waals surface area contributed by atoms with Crippen molar-refractivity contribution in [3.8, 4) is 11.3 Å². The lowest BCUT2D eigenvalue weighted by Crippen LogP contribution is -2.42. The molecule has 0 spiro atoms. The predicted octanol–water partition coefficient (Wildman–Crippen LogP) is 5.50. The zero-order valence-electron chi connectivity index (χ0n) is 22.7. The lowest BCUT2D eigenvalue weighted by Gasteiger charge is -2.37. The highest BCUT2D eigenvalue weighted by atomic mass is 15.2. The van der Waals surface area contributed by atoms with E-state index in [0.29, 0.717) is 23.0 Å². The lowest BCUT2D eigenvalue weighted by molar-refractivity contribution is 0.250. The van der Waals surface area contributed by atoms with Crippen LogP contribution in [-0.2, 0) is 12.8 Å². The molecule has 1 aliphatic heterocycles. The third kappa shape index (κ3) is 4.92. The molecule has 3 aromatic rings. The van der Waals surface area contributed by atoms with Gasteiger partial charge in [0, 0.05) is 65.0 Å². The van der Waals surface area contributed by atoms with Gasteiger partial charge in [-0.25, -0.2) is 4.98 Å². The van der Waals surface area contributed by atoms with Gasteiger partial charge in [0.15, 0.2) is 0 Å². The monoisotopic (exact) mass is 499 g/mol. The second-order valence-electron chi connectivity index (χ2n) is 10.1. The van der Waals surface area contributed by atoms with Crippen molar-refractivity contribution in [1.82, 2.24) is 9.88 Å². The Kier molecular flexibility index (Phi) is 8.13. The normalized spacial score (nSPS) is 15.8. The number of benzene rings is 2. The molecule has 1 aromatic heterocycles. The second-order valence-corrected chi connectivity index (χ2v) is 10.1. The molecular formula is C30H41N7. The third-order valence-corrected chi connectivity index (χ3v) is 7.83. The molecule has 7 nitrogen and oxygen atoms in total. The zero-order chi connectivity index (χ0) is 26.7. The molecule has 2 heterocycles. The summed E-state index contributed by atoms with van der Waals surface area (Å²) >= 11 is 0. The molecule has 196 valence electrons. The number of aromatic nitrogens is 1. The molecule has 0 unspecified atom stereocenters. The topological polar surface area (TPSA) is 119 Å². The van der Waals surface area contributed by atoms with Crippen LogP contribution in [0, 0.1) is 10.8 Å². The number of hydrogen-bond acceptors (Lipinski definition) is 7. The first-order chi connectivity index (χ1) is 17.9. The van der Waals surface area contributed by atoms with E-state index in [1.165, 1.54) is 23.6 Å². The largest absolute Gasteiger partial charge is 0.398 e. The van der Waals surface area contributed by atoms with Crippen LogP contribution in [0.4, 0.5) is 17.1 Å². The van der Waals surface area contributed by atoms with Crippen LogP contribution in [0.25, 0.3) is 22.2 Å². The van der Waals surface area contributed by atoms with Crippen LogP contribution in [0.5, 0.6) is 0 Å². The van der Waals surface area contributed by atoms with E-state index in [-0.39, 0.29) is 0 Å². The minimum Gasteiger partial charge on any atom is -0.398 e. The molecule has 1 aliphatic carbocycles. The summed E-state index contributed by atoms with van der Waals surface area (Å²) in [6.45, 7) is 5.91. The maximum atomic E-state index is 8.18. The molecular weight excluding hydrogens is 458 g/mol. The van der Waals surface area contributed by atoms with Crippen molar-refractivity contribution in [2.75, 3.05) is 43.6 Å². The number of nitrogens with two attached hydrogens (primary N) is 2. The highest BCUT2D eigenvalue weighted by Gasteiger charge is 2.27. The van der Waals surface area contributed by atoms with E-state index >= 15 is 0 Å². The van der Waals surface area contributed by atoms with Gasteiger partial charge in [0.25, 0.3) is 0 Å². The van der Waals surface area contributed by atoms with E-state index in [1.54, 1.807) is 0 Å². The molecule has 0 saturated carbocycles. The van der Waals surface area contributed by atoms with Gasteiger partial charge < -0.3 is 32.1 Å². The molecule has 7 heteroatoms.